The van der Waals surface area contributed by atoms with Gasteiger partial charge < -0.3 is 20.7 Å². The highest BCUT2D eigenvalue weighted by Crippen LogP contribution is 2.30. The van der Waals surface area contributed by atoms with Crippen molar-refractivity contribution in [2.24, 2.45) is 5.73 Å². The molecule has 0 radical (unpaired) electrons. The van der Waals surface area contributed by atoms with Gasteiger partial charge in [-0.2, -0.15) is 0 Å². The monoisotopic (exact) mass is 200 g/mol. The number of hydrogen-bond donors (Lipinski definition) is 3. The molecule has 0 aromatic rings. The van der Waals surface area contributed by atoms with Crippen molar-refractivity contribution in [1.82, 2.24) is 4.90 Å². The summed E-state index contributed by atoms with van der Waals surface area (Å²) in [7, 11) is 0. The van der Waals surface area contributed by atoms with Gasteiger partial charge in [0.05, 0.1) is 0 Å². The fraction of sp³-hybridized carbons (Fsp3) is 0.429. The third-order valence-electron chi connectivity index (χ3n) is 2.19. The van der Waals surface area contributed by atoms with Crippen LogP contribution in [0.3, 0.4) is 0 Å². The van der Waals surface area contributed by atoms with E-state index < -0.39 is 35.6 Å². The number of rotatable bonds is 1. The van der Waals surface area contributed by atoms with Crippen molar-refractivity contribution in [3.8, 4) is 0 Å². The number of carbonyl (C=O) groups excluding carboxylic acids is 1. The molecule has 0 saturated carbocycles. The predicted molar refractivity (Wildman–Crippen MR) is 41.9 cm³/mol. The number of ether oxygens (including phenoxy) is 1. The molecule has 2 rings (SSSR count). The number of nitrogens with two attached hydrogens (primary N) is 1. The Morgan fingerprint density at radius 2 is 2.29 bits per heavy atom. The zero-order chi connectivity index (χ0) is 10.5. The molecule has 0 unspecified atom stereocenters. The number of β-lactam (4-membered cyclic amide) rings is 1. The molecule has 0 aromatic carbocycles. The van der Waals surface area contributed by atoms with E-state index in [0.717, 1.165) is 4.90 Å². The van der Waals surface area contributed by atoms with Crippen LogP contribution in [0, 0.1) is 0 Å². The van der Waals surface area contributed by atoms with Crippen LogP contribution in [0.5, 0.6) is 0 Å². The molecule has 1 fully saturated rings. The maximum absolute atomic E-state index is 11.2. The van der Waals surface area contributed by atoms with E-state index in [4.69, 9.17) is 15.6 Å². The SMILES string of the molecule is N[C@@H]1C(=O)N2C(C(=O)O)=C(O)CO[C@H]12. The van der Waals surface area contributed by atoms with Gasteiger partial charge >= 0.3 is 5.97 Å². The molecule has 4 N–H and O–H groups in total. The van der Waals surface area contributed by atoms with Gasteiger partial charge in [-0.05, 0) is 0 Å². The zero-order valence-electron chi connectivity index (χ0n) is 7.01. The van der Waals surface area contributed by atoms with E-state index in [1.807, 2.05) is 0 Å². The second-order valence-corrected chi connectivity index (χ2v) is 3.04. The lowest BCUT2D eigenvalue weighted by molar-refractivity contribution is -0.183. The number of aliphatic hydroxyl groups is 1. The van der Waals surface area contributed by atoms with E-state index in [9.17, 15) is 14.7 Å². The largest absolute Gasteiger partial charge is 0.507 e. The highest BCUT2D eigenvalue weighted by atomic mass is 16.5. The Balaban J connectivity index is 2.37. The average Bonchev–Trinajstić information content (AvgIpc) is 2.15. The molecule has 14 heavy (non-hydrogen) atoms. The lowest BCUT2D eigenvalue weighted by Crippen LogP contribution is -2.71. The van der Waals surface area contributed by atoms with Crippen LogP contribution in [0.1, 0.15) is 0 Å². The quantitative estimate of drug-likeness (QED) is 0.438. The number of carboxylic acid groups (broad SMARTS) is 1. The summed E-state index contributed by atoms with van der Waals surface area (Å²) in [5, 5.41) is 17.9. The number of amides is 1. The topological polar surface area (TPSA) is 113 Å². The molecule has 2 atom stereocenters. The molecule has 0 aromatic heterocycles. The first kappa shape index (κ1) is 8.97. The minimum Gasteiger partial charge on any atom is -0.507 e. The Hall–Kier alpha value is -1.60. The van der Waals surface area contributed by atoms with Crippen LogP contribution in [0.25, 0.3) is 0 Å². The Bertz CT molecular complexity index is 350. The molecule has 1 saturated heterocycles. The molecule has 2 heterocycles. The third kappa shape index (κ3) is 0.932. The molecular weight excluding hydrogens is 192 g/mol. The summed E-state index contributed by atoms with van der Waals surface area (Å²) in [5.74, 6) is -2.39. The Morgan fingerprint density at radius 3 is 2.86 bits per heavy atom. The molecule has 0 bridgehead atoms. The summed E-state index contributed by atoms with van der Waals surface area (Å²) in [6.07, 6.45) is -0.760. The van der Waals surface area contributed by atoms with Crippen molar-refractivity contribution in [3.05, 3.63) is 11.5 Å². The van der Waals surface area contributed by atoms with Crippen molar-refractivity contribution in [2.45, 2.75) is 12.3 Å². The van der Waals surface area contributed by atoms with Crippen molar-refractivity contribution in [2.75, 3.05) is 6.61 Å². The van der Waals surface area contributed by atoms with E-state index >= 15 is 0 Å². The van der Waals surface area contributed by atoms with Crippen molar-refractivity contribution in [3.63, 3.8) is 0 Å². The van der Waals surface area contributed by atoms with Crippen LogP contribution in [-0.2, 0) is 14.3 Å². The minimum atomic E-state index is -1.36. The van der Waals surface area contributed by atoms with Crippen LogP contribution >= 0.6 is 0 Å². The minimum absolute atomic E-state index is 0.232. The summed E-state index contributed by atoms with van der Waals surface area (Å²) < 4.78 is 4.96. The number of fused-ring (bicyclic) bond motifs is 1. The van der Waals surface area contributed by atoms with E-state index in [2.05, 4.69) is 0 Å². The second-order valence-electron chi connectivity index (χ2n) is 3.04. The lowest BCUT2D eigenvalue weighted by Gasteiger charge is -2.46. The number of aliphatic carboxylic acids is 1. The molecular formula is C7H8N2O5. The van der Waals surface area contributed by atoms with Gasteiger partial charge in [0, 0.05) is 0 Å². The van der Waals surface area contributed by atoms with Crippen LogP contribution < -0.4 is 5.73 Å². The number of carboxylic acids is 1. The molecule has 76 valence electrons. The predicted octanol–water partition coefficient (Wildman–Crippen LogP) is -1.63. The van der Waals surface area contributed by atoms with Crippen LogP contribution in [0.4, 0.5) is 0 Å². The highest BCUT2D eigenvalue weighted by molar-refractivity contribution is 5.99. The van der Waals surface area contributed by atoms with Crippen LogP contribution in [-0.4, -0.2) is 45.9 Å². The van der Waals surface area contributed by atoms with Gasteiger partial charge in [0.2, 0.25) is 0 Å². The van der Waals surface area contributed by atoms with Gasteiger partial charge in [-0.3, -0.25) is 9.69 Å². The Labute approximate surface area is 78.4 Å². The lowest BCUT2D eigenvalue weighted by atomic mass is 10.0. The second kappa shape index (κ2) is 2.69. The fourth-order valence-corrected chi connectivity index (χ4v) is 1.50. The maximum atomic E-state index is 11.2. The fourth-order valence-electron chi connectivity index (χ4n) is 1.50. The summed E-state index contributed by atoms with van der Waals surface area (Å²) in [6.45, 7) is -0.232. The van der Waals surface area contributed by atoms with Gasteiger partial charge in [-0.25, -0.2) is 4.79 Å². The normalized spacial score (nSPS) is 31.2. The summed E-state index contributed by atoms with van der Waals surface area (Å²) >= 11 is 0. The molecule has 0 aliphatic carbocycles. The Morgan fingerprint density at radius 1 is 1.64 bits per heavy atom. The molecule has 1 amide bonds. The van der Waals surface area contributed by atoms with Gasteiger partial charge in [0.15, 0.2) is 11.9 Å². The van der Waals surface area contributed by atoms with E-state index in [-0.39, 0.29) is 6.61 Å². The van der Waals surface area contributed by atoms with Gasteiger partial charge in [0.1, 0.15) is 18.4 Å². The standard InChI is InChI=1S/C7H8N2O5/c8-3-5(11)9-4(7(12)13)2(10)1-14-6(3)9/h3,6,10H,1,8H2,(H,12,13)/t3-,6-/m1/s1. The van der Waals surface area contributed by atoms with E-state index in [0.29, 0.717) is 0 Å². The van der Waals surface area contributed by atoms with Crippen molar-refractivity contribution >= 4 is 11.9 Å². The average molecular weight is 200 g/mol. The summed E-state index contributed by atoms with van der Waals surface area (Å²) in [6, 6.07) is -0.836. The summed E-state index contributed by atoms with van der Waals surface area (Å²) in [4.78, 5) is 22.7. The highest BCUT2D eigenvalue weighted by Gasteiger charge is 2.52. The first-order valence-electron chi connectivity index (χ1n) is 3.89. The number of hydrogen-bond acceptors (Lipinski definition) is 5. The first-order valence-corrected chi connectivity index (χ1v) is 3.89. The number of carbonyl (C=O) groups is 2. The van der Waals surface area contributed by atoms with Gasteiger partial charge in [-0.15, -0.1) is 0 Å². The van der Waals surface area contributed by atoms with Crippen LogP contribution in [0.15, 0.2) is 11.5 Å². The number of nitrogens with zero attached hydrogens (tertiary/aromatic N) is 1. The van der Waals surface area contributed by atoms with Gasteiger partial charge in [0.25, 0.3) is 5.91 Å². The summed E-state index contributed by atoms with van der Waals surface area (Å²) in [5.41, 5.74) is 4.93. The Kier molecular flexibility index (Phi) is 1.73. The van der Waals surface area contributed by atoms with Crippen LogP contribution in [0.2, 0.25) is 0 Å². The third-order valence-corrected chi connectivity index (χ3v) is 2.19. The maximum Gasteiger partial charge on any atom is 0.356 e. The van der Waals surface area contributed by atoms with Crippen molar-refractivity contribution < 1.29 is 24.5 Å². The van der Waals surface area contributed by atoms with Gasteiger partial charge in [-0.1, -0.05) is 0 Å². The first-order chi connectivity index (χ1) is 6.54. The molecule has 7 nitrogen and oxygen atoms in total. The zero-order valence-corrected chi connectivity index (χ0v) is 7.01. The molecule has 7 heteroatoms. The number of aliphatic hydroxyl groups excluding tert-OH is 1. The van der Waals surface area contributed by atoms with E-state index in [1.165, 1.54) is 0 Å². The molecule has 2 aliphatic heterocycles. The smallest absolute Gasteiger partial charge is 0.356 e. The van der Waals surface area contributed by atoms with E-state index in [1.54, 1.807) is 0 Å². The molecule has 0 spiro atoms. The van der Waals surface area contributed by atoms with Crippen molar-refractivity contribution in [1.29, 1.82) is 0 Å². The molecule has 2 aliphatic rings.